The first kappa shape index (κ1) is 30.2. The van der Waals surface area contributed by atoms with E-state index in [9.17, 15) is 28.5 Å². The molecule has 0 heterocycles. The van der Waals surface area contributed by atoms with Crippen LogP contribution in [0.1, 0.15) is 86.0 Å². The Hall–Kier alpha value is -0.740. The van der Waals surface area contributed by atoms with Crippen LogP contribution in [-0.4, -0.2) is 70.3 Å². The maximum atomic E-state index is 12.8. The highest BCUT2D eigenvalue weighted by molar-refractivity contribution is 7.85. The smallest absolute Gasteiger partial charge is 0.283 e. The summed E-state index contributed by atoms with van der Waals surface area (Å²) in [6.45, 7) is 10.7. The van der Waals surface area contributed by atoms with Crippen LogP contribution in [0.15, 0.2) is 0 Å². The van der Waals surface area contributed by atoms with Crippen LogP contribution in [0.5, 0.6) is 0 Å². The lowest BCUT2D eigenvalue weighted by Gasteiger charge is -2.65. The molecule has 0 aromatic heterocycles. The molecule has 13 atom stereocenters. The minimum atomic E-state index is -4.28. The van der Waals surface area contributed by atoms with Crippen LogP contribution in [0, 0.1) is 58.2 Å². The summed E-state index contributed by atoms with van der Waals surface area (Å²) in [5, 5.41) is 34.2. The Bertz CT molecular complexity index is 989. The van der Waals surface area contributed by atoms with E-state index in [4.69, 9.17) is 4.55 Å². The molecule has 0 aromatic carbocycles. The van der Waals surface area contributed by atoms with Crippen molar-refractivity contribution >= 4 is 16.0 Å². The summed E-state index contributed by atoms with van der Waals surface area (Å²) in [4.78, 5) is 13.9. The van der Waals surface area contributed by atoms with E-state index in [2.05, 4.69) is 27.7 Å². The molecular weight excluding hydrogens is 506 g/mol. The lowest BCUT2D eigenvalue weighted by atomic mass is 9.41. The van der Waals surface area contributed by atoms with E-state index in [-0.39, 0.29) is 64.3 Å². The summed E-state index contributed by atoms with van der Waals surface area (Å²) in [6.07, 6.45) is 5.25. The second-order valence-electron chi connectivity index (χ2n) is 14.1. The van der Waals surface area contributed by atoms with Crippen molar-refractivity contribution in [2.45, 2.75) is 104 Å². The number of nitrogens with zero attached hydrogens (tertiary/aromatic N) is 1. The lowest BCUT2D eigenvalue weighted by molar-refractivity contribution is -0.228. The van der Waals surface area contributed by atoms with Crippen molar-refractivity contribution in [3.63, 3.8) is 0 Å². The second kappa shape index (κ2) is 10.6. The minimum absolute atomic E-state index is 0.00831. The predicted octanol–water partition coefficient (Wildman–Crippen LogP) is 3.55. The number of hydrogen-bond acceptors (Lipinski definition) is 6. The highest BCUT2D eigenvalue weighted by Crippen LogP contribution is 2.69. The topological polar surface area (TPSA) is 135 Å². The molecule has 4 aliphatic carbocycles. The van der Waals surface area contributed by atoms with E-state index in [1.165, 1.54) is 7.05 Å². The monoisotopic (exact) mass is 557 g/mol. The van der Waals surface area contributed by atoms with Gasteiger partial charge in [-0.05, 0) is 97.2 Å². The van der Waals surface area contributed by atoms with E-state index in [1.807, 2.05) is 0 Å². The predicted molar refractivity (Wildman–Crippen MR) is 145 cm³/mol. The van der Waals surface area contributed by atoms with E-state index in [0.717, 1.165) is 43.4 Å². The van der Waals surface area contributed by atoms with Gasteiger partial charge in [-0.2, -0.15) is 8.42 Å². The minimum Gasteiger partial charge on any atom is -0.393 e. The van der Waals surface area contributed by atoms with Crippen LogP contribution in [0.2, 0.25) is 0 Å². The van der Waals surface area contributed by atoms with Gasteiger partial charge in [-0.25, -0.2) is 0 Å². The third-order valence-corrected chi connectivity index (χ3v) is 12.8. The number of fused-ring (bicyclic) bond motifs is 5. The molecule has 4 saturated carbocycles. The zero-order valence-corrected chi connectivity index (χ0v) is 24.9. The number of amides is 1. The molecule has 8 nitrogen and oxygen atoms in total. The fourth-order valence-electron chi connectivity index (χ4n) is 10.4. The van der Waals surface area contributed by atoms with Crippen LogP contribution >= 0.6 is 0 Å². The molecule has 0 radical (unpaired) electrons. The first-order valence-electron chi connectivity index (χ1n) is 14.8. The number of carbonyl (C=O) groups is 1. The molecule has 220 valence electrons. The molecule has 0 saturated heterocycles. The van der Waals surface area contributed by atoms with E-state index >= 15 is 0 Å². The Balaban J connectivity index is 1.56. The molecule has 4 rings (SSSR count). The fraction of sp³-hybridized carbons (Fsp3) is 0.966. The van der Waals surface area contributed by atoms with Gasteiger partial charge in [0.1, 0.15) is 5.88 Å². The maximum absolute atomic E-state index is 12.8. The van der Waals surface area contributed by atoms with Gasteiger partial charge in [0.05, 0.1) is 18.3 Å². The summed E-state index contributed by atoms with van der Waals surface area (Å²) in [5.74, 6) is -0.141. The SMILES string of the molecule is CC[C@H]1[C@@H](O)C2C3CC[C@H]([C@H](C)C[C@H](C)C(=O)N(C)CS(=O)(=O)O)[C@@]3(C)[C@@H](O)CC2[C@@]2(C)CC[C@@H](O)C[C@@H]12. The van der Waals surface area contributed by atoms with Gasteiger partial charge in [0.2, 0.25) is 5.91 Å². The van der Waals surface area contributed by atoms with Crippen LogP contribution in [-0.2, 0) is 14.9 Å². The molecule has 3 unspecified atom stereocenters. The molecule has 4 N–H and O–H groups in total. The van der Waals surface area contributed by atoms with Crippen molar-refractivity contribution in [3.05, 3.63) is 0 Å². The van der Waals surface area contributed by atoms with Crippen molar-refractivity contribution in [1.29, 1.82) is 0 Å². The van der Waals surface area contributed by atoms with Crippen LogP contribution in [0.4, 0.5) is 0 Å². The average Bonchev–Trinajstić information content (AvgIpc) is 3.18. The van der Waals surface area contributed by atoms with Gasteiger partial charge in [-0.15, -0.1) is 0 Å². The third kappa shape index (κ3) is 4.97. The summed E-state index contributed by atoms with van der Waals surface area (Å²) in [6, 6.07) is 0. The second-order valence-corrected chi connectivity index (χ2v) is 15.5. The third-order valence-electron chi connectivity index (χ3n) is 12.1. The van der Waals surface area contributed by atoms with Crippen molar-refractivity contribution in [2.75, 3.05) is 12.9 Å². The van der Waals surface area contributed by atoms with Gasteiger partial charge in [-0.1, -0.05) is 41.0 Å². The maximum Gasteiger partial charge on any atom is 0.283 e. The number of rotatable bonds is 7. The van der Waals surface area contributed by atoms with Crippen LogP contribution in [0.25, 0.3) is 0 Å². The average molecular weight is 558 g/mol. The Labute approximate surface area is 229 Å². The molecule has 9 heteroatoms. The van der Waals surface area contributed by atoms with Crippen LogP contribution in [0.3, 0.4) is 0 Å². The molecule has 0 bridgehead atoms. The van der Waals surface area contributed by atoms with Gasteiger partial charge in [0, 0.05) is 13.0 Å². The van der Waals surface area contributed by atoms with Crippen molar-refractivity contribution < 1.29 is 33.1 Å². The van der Waals surface area contributed by atoms with E-state index in [0.29, 0.717) is 12.8 Å². The summed E-state index contributed by atoms with van der Waals surface area (Å²) < 4.78 is 31.6. The highest BCUT2D eigenvalue weighted by atomic mass is 32.2. The molecule has 0 aromatic rings. The molecule has 4 fully saturated rings. The first-order valence-corrected chi connectivity index (χ1v) is 16.4. The Kier molecular flexibility index (Phi) is 8.42. The van der Waals surface area contributed by atoms with Crippen LogP contribution < -0.4 is 0 Å². The summed E-state index contributed by atoms with van der Waals surface area (Å²) in [7, 11) is -2.89. The van der Waals surface area contributed by atoms with Gasteiger partial charge in [0.15, 0.2) is 0 Å². The first-order chi connectivity index (χ1) is 17.6. The highest BCUT2D eigenvalue weighted by Gasteiger charge is 2.67. The standard InChI is InChI=1S/C29H51NO7S/c1-7-19-22-13-18(31)10-11-28(22,4)23-14-24(32)29(5)20(8-9-21(29)25(23)26(19)33)16(2)12-17(3)27(34)30(6)15-38(35,36)37/h16-26,31-33H,7-15H2,1-6H3,(H,35,36,37)/t16-,17+,18-,19-,20-,21?,22+,23?,24+,25?,26-,28+,29-/m1/s1. The van der Waals surface area contributed by atoms with Crippen molar-refractivity contribution in [1.82, 2.24) is 4.90 Å². The number of carbonyl (C=O) groups excluding carboxylic acids is 1. The number of aliphatic hydroxyl groups excluding tert-OH is 3. The molecule has 4 aliphatic rings. The zero-order valence-electron chi connectivity index (χ0n) is 24.1. The van der Waals surface area contributed by atoms with E-state index < -0.39 is 34.1 Å². The van der Waals surface area contributed by atoms with Gasteiger partial charge < -0.3 is 20.2 Å². The van der Waals surface area contributed by atoms with Gasteiger partial charge in [-0.3, -0.25) is 9.35 Å². The Morgan fingerprint density at radius 2 is 1.68 bits per heavy atom. The summed E-state index contributed by atoms with van der Waals surface area (Å²) in [5.41, 5.74) is -0.352. The molecular formula is C29H51NO7S. The van der Waals surface area contributed by atoms with Gasteiger partial charge >= 0.3 is 0 Å². The molecule has 0 aliphatic heterocycles. The van der Waals surface area contributed by atoms with E-state index in [1.54, 1.807) is 6.92 Å². The van der Waals surface area contributed by atoms with Gasteiger partial charge in [0.25, 0.3) is 10.1 Å². The normalized spacial score (nSPS) is 46.4. The molecule has 38 heavy (non-hydrogen) atoms. The van der Waals surface area contributed by atoms with Crippen molar-refractivity contribution in [3.8, 4) is 0 Å². The molecule has 1 amide bonds. The molecule has 0 spiro atoms. The fourth-order valence-corrected chi connectivity index (χ4v) is 11.0. The summed E-state index contributed by atoms with van der Waals surface area (Å²) >= 11 is 0. The largest absolute Gasteiger partial charge is 0.393 e. The Morgan fingerprint density at radius 3 is 2.29 bits per heavy atom. The Morgan fingerprint density at radius 1 is 1.03 bits per heavy atom. The number of aliphatic hydroxyl groups is 3. The number of hydrogen-bond donors (Lipinski definition) is 4. The quantitative estimate of drug-likeness (QED) is 0.352. The van der Waals surface area contributed by atoms with Crippen molar-refractivity contribution in [2.24, 2.45) is 58.2 Å². The lowest BCUT2D eigenvalue weighted by Crippen LogP contribution is -2.65. The zero-order chi connectivity index (χ0) is 28.4.